The summed E-state index contributed by atoms with van der Waals surface area (Å²) in [4.78, 5) is 22.2. The second-order valence-corrected chi connectivity index (χ2v) is 8.69. The average molecular weight is 425 g/mol. The predicted molar refractivity (Wildman–Crippen MR) is 120 cm³/mol. The number of pyridine rings is 1. The second-order valence-electron chi connectivity index (χ2n) is 8.69. The first kappa shape index (κ1) is 18.9. The number of carbonyl (C=O) groups excluding carboxylic acids is 1. The van der Waals surface area contributed by atoms with E-state index in [1.807, 2.05) is 42.1 Å². The molecular weight excluding hydrogens is 402 g/mol. The molecule has 8 nitrogen and oxygen atoms in total. The minimum Gasteiger partial charge on any atom is -0.309 e. The molecule has 32 heavy (non-hydrogen) atoms. The van der Waals surface area contributed by atoms with Crippen LogP contribution in [0.4, 0.5) is 5.82 Å². The first-order valence-corrected chi connectivity index (χ1v) is 11.0. The molecule has 1 amide bonds. The smallest absolute Gasteiger partial charge is 0.256 e. The highest BCUT2D eigenvalue weighted by atomic mass is 16.1. The monoisotopic (exact) mass is 425 g/mol. The van der Waals surface area contributed by atoms with E-state index in [0.29, 0.717) is 29.0 Å². The second kappa shape index (κ2) is 7.40. The molecule has 4 aromatic rings. The van der Waals surface area contributed by atoms with Crippen LogP contribution in [0.3, 0.4) is 0 Å². The third-order valence-corrected chi connectivity index (χ3v) is 5.95. The van der Waals surface area contributed by atoms with Crippen LogP contribution in [0, 0.1) is 6.92 Å². The van der Waals surface area contributed by atoms with Crippen LogP contribution in [0.2, 0.25) is 0 Å². The van der Waals surface area contributed by atoms with Gasteiger partial charge in [-0.1, -0.05) is 6.07 Å². The third kappa shape index (κ3) is 3.68. The van der Waals surface area contributed by atoms with Gasteiger partial charge in [-0.3, -0.25) is 4.79 Å². The van der Waals surface area contributed by atoms with E-state index in [1.54, 1.807) is 12.4 Å². The van der Waals surface area contributed by atoms with Crippen LogP contribution in [-0.4, -0.2) is 35.2 Å². The van der Waals surface area contributed by atoms with Crippen molar-refractivity contribution in [1.29, 1.82) is 0 Å². The molecule has 6 rings (SSSR count). The molecule has 1 aromatic carbocycles. The van der Waals surface area contributed by atoms with Crippen molar-refractivity contribution in [2.24, 2.45) is 0 Å². The molecule has 0 radical (unpaired) electrons. The maximum atomic E-state index is 13.0. The Morgan fingerprint density at radius 1 is 1.09 bits per heavy atom. The molecule has 0 unspecified atom stereocenters. The van der Waals surface area contributed by atoms with Crippen molar-refractivity contribution in [3.05, 3.63) is 72.1 Å². The Hall–Kier alpha value is -3.81. The van der Waals surface area contributed by atoms with Gasteiger partial charge in [0, 0.05) is 29.4 Å². The molecule has 0 bridgehead atoms. The molecule has 8 heteroatoms. The minimum atomic E-state index is -0.203. The maximum absolute atomic E-state index is 13.0. The van der Waals surface area contributed by atoms with E-state index >= 15 is 0 Å². The number of carbonyl (C=O) groups is 1. The van der Waals surface area contributed by atoms with Gasteiger partial charge in [0.05, 0.1) is 12.0 Å². The standard InChI is InChI=1S/C24H23N7O/c1-15-9-17(11-19(10-15)30-12-21(25-13-30)16-5-6-16)24(32)28-22-4-2-3-20(27-22)23-29-26-14-31(23)18-7-8-18/h2-4,9-14,16,18H,5-8H2,1H3,(H,27,28,32). The van der Waals surface area contributed by atoms with Crippen LogP contribution < -0.4 is 5.32 Å². The summed E-state index contributed by atoms with van der Waals surface area (Å²) in [6.07, 6.45) is 10.3. The lowest BCUT2D eigenvalue weighted by Crippen LogP contribution is -2.14. The Kier molecular flexibility index (Phi) is 4.38. The van der Waals surface area contributed by atoms with Crippen LogP contribution in [0.5, 0.6) is 0 Å². The first-order chi connectivity index (χ1) is 15.6. The Morgan fingerprint density at radius 3 is 2.78 bits per heavy atom. The molecule has 0 spiro atoms. The van der Waals surface area contributed by atoms with Gasteiger partial charge in [0.25, 0.3) is 5.91 Å². The largest absolute Gasteiger partial charge is 0.309 e. The van der Waals surface area contributed by atoms with Gasteiger partial charge in [0.15, 0.2) is 5.82 Å². The van der Waals surface area contributed by atoms with Gasteiger partial charge < -0.3 is 14.5 Å². The normalized spacial score (nSPS) is 15.7. The highest BCUT2D eigenvalue weighted by molar-refractivity contribution is 6.04. The van der Waals surface area contributed by atoms with E-state index in [1.165, 1.54) is 12.8 Å². The van der Waals surface area contributed by atoms with Crippen molar-refractivity contribution >= 4 is 11.7 Å². The number of aromatic nitrogens is 6. The molecular formula is C24H23N7O. The molecule has 2 aliphatic rings. The number of imidazole rings is 1. The van der Waals surface area contributed by atoms with E-state index in [0.717, 1.165) is 35.6 Å². The summed E-state index contributed by atoms with van der Waals surface area (Å²) in [5, 5.41) is 11.2. The minimum absolute atomic E-state index is 0.203. The predicted octanol–water partition coefficient (Wildman–Crippen LogP) is 4.30. The van der Waals surface area contributed by atoms with Crippen LogP contribution >= 0.6 is 0 Å². The topological polar surface area (TPSA) is 90.5 Å². The Bertz CT molecular complexity index is 1310. The maximum Gasteiger partial charge on any atom is 0.256 e. The van der Waals surface area contributed by atoms with Crippen molar-refractivity contribution in [3.63, 3.8) is 0 Å². The van der Waals surface area contributed by atoms with Crippen molar-refractivity contribution in [3.8, 4) is 17.2 Å². The van der Waals surface area contributed by atoms with E-state index in [9.17, 15) is 4.79 Å². The van der Waals surface area contributed by atoms with Gasteiger partial charge in [-0.05, 0) is 68.5 Å². The summed E-state index contributed by atoms with van der Waals surface area (Å²) in [6, 6.07) is 11.8. The summed E-state index contributed by atoms with van der Waals surface area (Å²) < 4.78 is 4.04. The van der Waals surface area contributed by atoms with Crippen molar-refractivity contribution in [2.75, 3.05) is 5.32 Å². The lowest BCUT2D eigenvalue weighted by molar-refractivity contribution is 0.102. The molecule has 0 atom stereocenters. The zero-order valence-corrected chi connectivity index (χ0v) is 17.8. The number of amides is 1. The quantitative estimate of drug-likeness (QED) is 0.497. The number of nitrogens with one attached hydrogen (secondary N) is 1. The highest BCUT2D eigenvalue weighted by Crippen LogP contribution is 2.39. The first-order valence-electron chi connectivity index (χ1n) is 11.0. The summed E-state index contributed by atoms with van der Waals surface area (Å²) >= 11 is 0. The van der Waals surface area contributed by atoms with E-state index in [2.05, 4.69) is 42.3 Å². The summed E-state index contributed by atoms with van der Waals surface area (Å²) in [7, 11) is 0. The van der Waals surface area contributed by atoms with Gasteiger partial charge in [-0.15, -0.1) is 10.2 Å². The third-order valence-electron chi connectivity index (χ3n) is 5.95. The number of hydrogen-bond acceptors (Lipinski definition) is 5. The summed E-state index contributed by atoms with van der Waals surface area (Å²) in [5.41, 5.74) is 4.33. The highest BCUT2D eigenvalue weighted by Gasteiger charge is 2.27. The van der Waals surface area contributed by atoms with Crippen molar-refractivity contribution in [1.82, 2.24) is 29.3 Å². The number of benzene rings is 1. The van der Waals surface area contributed by atoms with E-state index in [4.69, 9.17) is 0 Å². The van der Waals surface area contributed by atoms with Gasteiger partial charge in [0.2, 0.25) is 0 Å². The summed E-state index contributed by atoms with van der Waals surface area (Å²) in [6.45, 7) is 1.99. The van der Waals surface area contributed by atoms with Crippen LogP contribution in [0.15, 0.2) is 55.2 Å². The zero-order chi connectivity index (χ0) is 21.7. The van der Waals surface area contributed by atoms with E-state index in [-0.39, 0.29) is 5.91 Å². The lowest BCUT2D eigenvalue weighted by atomic mass is 10.1. The fourth-order valence-electron chi connectivity index (χ4n) is 3.98. The Labute approximate surface area is 185 Å². The fourth-order valence-corrected chi connectivity index (χ4v) is 3.98. The summed E-state index contributed by atoms with van der Waals surface area (Å²) in [5.74, 6) is 1.60. The van der Waals surface area contributed by atoms with Gasteiger partial charge in [0.1, 0.15) is 17.8 Å². The number of rotatable bonds is 6. The molecule has 2 aliphatic carbocycles. The average Bonchev–Trinajstić information content (AvgIpc) is 3.73. The number of hydrogen-bond donors (Lipinski definition) is 1. The van der Waals surface area contributed by atoms with Gasteiger partial charge >= 0.3 is 0 Å². The zero-order valence-electron chi connectivity index (χ0n) is 17.8. The van der Waals surface area contributed by atoms with Crippen molar-refractivity contribution < 1.29 is 4.79 Å². The molecule has 3 aromatic heterocycles. The lowest BCUT2D eigenvalue weighted by Gasteiger charge is -2.10. The van der Waals surface area contributed by atoms with Gasteiger partial charge in [-0.2, -0.15) is 0 Å². The number of aryl methyl sites for hydroxylation is 1. The van der Waals surface area contributed by atoms with Gasteiger partial charge in [-0.25, -0.2) is 9.97 Å². The molecule has 3 heterocycles. The van der Waals surface area contributed by atoms with E-state index < -0.39 is 0 Å². The molecule has 0 aliphatic heterocycles. The molecule has 160 valence electrons. The molecule has 2 saturated carbocycles. The van der Waals surface area contributed by atoms with Crippen molar-refractivity contribution in [2.45, 2.75) is 44.6 Å². The molecule has 2 fully saturated rings. The van der Waals surface area contributed by atoms with Crippen LogP contribution in [-0.2, 0) is 0 Å². The molecule has 1 N–H and O–H groups in total. The number of anilines is 1. The SMILES string of the molecule is Cc1cc(C(=O)Nc2cccc(-c3nncn3C3CC3)n2)cc(-n2cnc(C3CC3)c2)c1. The Morgan fingerprint density at radius 2 is 1.97 bits per heavy atom. The fraction of sp³-hybridized carbons (Fsp3) is 0.292. The Balaban J connectivity index is 1.25. The van der Waals surface area contributed by atoms with Crippen LogP contribution in [0.1, 0.15) is 59.3 Å². The van der Waals surface area contributed by atoms with Crippen LogP contribution in [0.25, 0.3) is 17.2 Å². The number of nitrogens with zero attached hydrogens (tertiary/aromatic N) is 6. The molecule has 0 saturated heterocycles.